The van der Waals surface area contributed by atoms with Crippen molar-refractivity contribution in [2.45, 2.75) is 47.2 Å². The number of hydrogen-bond donors (Lipinski definition) is 1. The van der Waals surface area contributed by atoms with Crippen LogP contribution in [-0.4, -0.2) is 19.1 Å². The lowest BCUT2D eigenvalue weighted by atomic mass is 10.1. The van der Waals surface area contributed by atoms with Gasteiger partial charge in [0, 0.05) is 40.6 Å². The highest BCUT2D eigenvalue weighted by Gasteiger charge is 2.30. The number of para-hydroxylation sites is 2. The van der Waals surface area contributed by atoms with E-state index in [1.807, 2.05) is 31.2 Å². The molecule has 0 bridgehead atoms. The normalized spacial score (nSPS) is 12.7. The zero-order valence-corrected chi connectivity index (χ0v) is 29.4. The first-order valence-electron chi connectivity index (χ1n) is 16.8. The number of halogens is 2. The van der Waals surface area contributed by atoms with Crippen molar-refractivity contribution in [1.29, 1.82) is 0 Å². The fraction of sp³-hybridized carbons (Fsp3) is 0.175. The fourth-order valence-corrected chi connectivity index (χ4v) is 7.97. The number of aryl methyl sites for hydroxylation is 4. The molecule has 8 nitrogen and oxygen atoms in total. The molecule has 0 spiro atoms. The van der Waals surface area contributed by atoms with Crippen molar-refractivity contribution in [3.63, 3.8) is 0 Å². The zero-order valence-electron chi connectivity index (χ0n) is 27.9. The Hall–Kier alpha value is -5.31. The summed E-state index contributed by atoms with van der Waals surface area (Å²) in [6, 6.07) is 24.8. The van der Waals surface area contributed by atoms with E-state index in [0.29, 0.717) is 55.1 Å². The average Bonchev–Trinajstić information content (AvgIpc) is 3.83. The first kappa shape index (κ1) is 30.7. The van der Waals surface area contributed by atoms with Crippen LogP contribution in [0.4, 0.5) is 11.4 Å². The number of rotatable bonds is 3. The van der Waals surface area contributed by atoms with Crippen LogP contribution in [0.25, 0.3) is 43.6 Å². The Labute approximate surface area is 297 Å². The number of hydrogen-bond acceptors (Lipinski definition) is 5. The van der Waals surface area contributed by atoms with Crippen molar-refractivity contribution in [2.24, 2.45) is 9.98 Å². The van der Waals surface area contributed by atoms with Crippen molar-refractivity contribution >= 4 is 78.2 Å². The fourth-order valence-electron chi connectivity index (χ4n) is 7.45. The molecule has 3 aromatic heterocycles. The lowest BCUT2D eigenvalue weighted by molar-refractivity contribution is 0.457. The molecule has 0 amide bonds. The third-order valence-corrected chi connectivity index (χ3v) is 10.5. The lowest BCUT2D eigenvalue weighted by Crippen LogP contribution is -2.22. The van der Waals surface area contributed by atoms with E-state index in [9.17, 15) is 0 Å². The molecule has 5 heterocycles. The summed E-state index contributed by atoms with van der Waals surface area (Å²) in [7, 11) is 0. The highest BCUT2D eigenvalue weighted by Crippen LogP contribution is 2.49. The van der Waals surface area contributed by atoms with E-state index in [1.54, 1.807) is 6.33 Å². The molecule has 8 aromatic rings. The van der Waals surface area contributed by atoms with Gasteiger partial charge in [-0.3, -0.25) is 0 Å². The van der Waals surface area contributed by atoms with Gasteiger partial charge in [-0.25, -0.2) is 15.0 Å². The Morgan fingerprint density at radius 2 is 1.10 bits per heavy atom. The largest absolute Gasteiger partial charge is 0.450 e. The Balaban J connectivity index is 0.000000374. The quantitative estimate of drug-likeness (QED) is 0.199. The zero-order chi connectivity index (χ0) is 34.3. The van der Waals surface area contributed by atoms with Gasteiger partial charge in [0.15, 0.2) is 23.0 Å². The first-order chi connectivity index (χ1) is 24.4. The summed E-state index contributed by atoms with van der Waals surface area (Å²) < 4.78 is 17.8. The Morgan fingerprint density at radius 1 is 0.620 bits per heavy atom. The van der Waals surface area contributed by atoms with Gasteiger partial charge in [0.1, 0.15) is 32.1 Å². The van der Waals surface area contributed by atoms with Gasteiger partial charge in [0.05, 0.1) is 33.8 Å². The smallest absolute Gasteiger partial charge is 0.175 e. The number of aromatic nitrogens is 4. The van der Waals surface area contributed by atoms with Gasteiger partial charge in [-0.2, -0.15) is 0 Å². The topological polar surface area (TPSA) is 81.7 Å². The monoisotopic (exact) mass is 698 g/mol. The maximum atomic E-state index is 7.06. The molecule has 0 saturated carbocycles. The molecule has 2 aliphatic heterocycles. The minimum absolute atomic E-state index is 0.316. The molecule has 0 fully saturated rings. The van der Waals surface area contributed by atoms with E-state index in [2.05, 4.69) is 88.4 Å². The standard InChI is InChI=1S/C34H22Cl2N4O2.C6H10N2/c1-3-39-21-11-7-5-9-17(21)25-23(39)15-13-19-31(25)41-33-27(35)30-34(28(36)29(33)37-19)42-32-20(38-30)14-16-24-26(32)18-10-6-8-12-22(18)40(24)4-2;1-3-6-5(2)7-4-8-6/h5-16H,3-4H2,1-2H3;4H,3H2,1-2H3,(H,7,8). The predicted octanol–water partition coefficient (Wildman–Crippen LogP) is 10.6. The van der Waals surface area contributed by atoms with Crippen molar-refractivity contribution < 1.29 is 9.47 Å². The molecule has 0 aliphatic carbocycles. The predicted molar refractivity (Wildman–Crippen MR) is 201 cm³/mol. The van der Waals surface area contributed by atoms with Crippen LogP contribution in [0.5, 0.6) is 23.0 Å². The van der Waals surface area contributed by atoms with Gasteiger partial charge in [-0.15, -0.1) is 0 Å². The molecule has 1 N–H and O–H groups in total. The lowest BCUT2D eigenvalue weighted by Gasteiger charge is -2.22. The number of imidazole rings is 1. The average molecular weight is 700 g/mol. The molecule has 248 valence electrons. The highest BCUT2D eigenvalue weighted by atomic mass is 35.5. The van der Waals surface area contributed by atoms with Crippen LogP contribution in [0.1, 0.15) is 32.2 Å². The van der Waals surface area contributed by atoms with Gasteiger partial charge >= 0.3 is 0 Å². The second-order valence-electron chi connectivity index (χ2n) is 12.4. The van der Waals surface area contributed by atoms with Crippen LogP contribution in [0.2, 0.25) is 10.0 Å². The second kappa shape index (κ2) is 11.6. The van der Waals surface area contributed by atoms with E-state index in [4.69, 9.17) is 42.7 Å². The molecule has 0 atom stereocenters. The number of fused-ring (bicyclic) bond motifs is 12. The van der Waals surface area contributed by atoms with Crippen LogP contribution in [0.3, 0.4) is 0 Å². The first-order valence-corrected chi connectivity index (χ1v) is 17.6. The van der Waals surface area contributed by atoms with Crippen molar-refractivity contribution in [3.8, 4) is 23.0 Å². The summed E-state index contributed by atoms with van der Waals surface area (Å²) >= 11 is 14.1. The Kier molecular flexibility index (Phi) is 7.16. The van der Waals surface area contributed by atoms with Crippen LogP contribution in [0.15, 0.2) is 89.1 Å². The molecular formula is C40H32Cl2N6O2. The van der Waals surface area contributed by atoms with E-state index >= 15 is 0 Å². The molecule has 5 aromatic carbocycles. The Bertz CT molecular complexity index is 2660. The van der Waals surface area contributed by atoms with E-state index in [0.717, 1.165) is 63.1 Å². The van der Waals surface area contributed by atoms with Crippen molar-refractivity contribution in [3.05, 3.63) is 111 Å². The number of H-pyrrole nitrogens is 1. The summed E-state index contributed by atoms with van der Waals surface area (Å²) in [5, 5.41) is 5.70. The van der Waals surface area contributed by atoms with Crippen LogP contribution in [-0.2, 0) is 19.5 Å². The van der Waals surface area contributed by atoms with E-state index in [1.165, 1.54) is 11.4 Å². The maximum Gasteiger partial charge on any atom is 0.175 e. The van der Waals surface area contributed by atoms with Gasteiger partial charge in [-0.1, -0.05) is 66.5 Å². The summed E-state index contributed by atoms with van der Waals surface area (Å²) in [6.07, 6.45) is 2.75. The maximum absolute atomic E-state index is 7.06. The molecule has 0 radical (unpaired) electrons. The highest BCUT2D eigenvalue weighted by molar-refractivity contribution is 6.35. The Morgan fingerprint density at radius 3 is 1.50 bits per heavy atom. The number of nitrogens with zero attached hydrogens (tertiary/aromatic N) is 5. The van der Waals surface area contributed by atoms with E-state index < -0.39 is 0 Å². The van der Waals surface area contributed by atoms with Gasteiger partial charge in [0.25, 0.3) is 0 Å². The summed E-state index contributed by atoms with van der Waals surface area (Å²) in [5.41, 5.74) is 8.17. The van der Waals surface area contributed by atoms with E-state index in [-0.39, 0.29) is 0 Å². The number of ether oxygens (including phenoxy) is 2. The van der Waals surface area contributed by atoms with Crippen LogP contribution >= 0.6 is 23.2 Å². The van der Waals surface area contributed by atoms with Gasteiger partial charge < -0.3 is 23.6 Å². The summed E-state index contributed by atoms with van der Waals surface area (Å²) in [6.45, 7) is 10.1. The summed E-state index contributed by atoms with van der Waals surface area (Å²) in [5.74, 6) is 2.08. The minimum atomic E-state index is 0.316. The van der Waals surface area contributed by atoms with Crippen LogP contribution < -0.4 is 20.2 Å². The third-order valence-electron chi connectivity index (χ3n) is 9.76. The molecule has 10 rings (SSSR count). The van der Waals surface area contributed by atoms with Crippen molar-refractivity contribution in [1.82, 2.24) is 19.1 Å². The molecule has 10 heteroatoms. The number of aromatic amines is 1. The van der Waals surface area contributed by atoms with Gasteiger partial charge in [-0.05, 0) is 63.6 Å². The molecule has 2 aliphatic rings. The van der Waals surface area contributed by atoms with Crippen molar-refractivity contribution in [2.75, 3.05) is 0 Å². The molecule has 0 unspecified atom stereocenters. The molecule has 50 heavy (non-hydrogen) atoms. The van der Waals surface area contributed by atoms with Crippen LogP contribution in [0, 0.1) is 6.92 Å². The molecular weight excluding hydrogens is 667 g/mol. The second-order valence-corrected chi connectivity index (χ2v) is 13.1. The third kappa shape index (κ3) is 4.34. The summed E-state index contributed by atoms with van der Waals surface area (Å²) in [4.78, 5) is 17.0. The van der Waals surface area contributed by atoms with Gasteiger partial charge in [0.2, 0.25) is 0 Å². The number of benzene rings is 5. The SMILES string of the molecule is CCc1nc[nH]c1C.CCn1c2ccccc2c2c3c(ccc21)N=c1c(Cl)c2c(c(Cl)c1O3)=Nc1ccc3c(c1O2)c1ccccc1n3CC. The minimum Gasteiger partial charge on any atom is -0.450 e. The molecule has 0 saturated heterocycles. The number of nitrogens with one attached hydrogen (secondary N) is 1.